The standard InChI is InChI=1S/C21H18N2O4S/c24-21(22-14-4-8-17-6-2-1-3-7-17)18-10-12-20(13-11-18)28(25,26)23-16-19-9-5-15-27-19/h1-3,5-7,9-13,15,23H,14,16H2,(H,22,24). The van der Waals surface area contributed by atoms with E-state index >= 15 is 0 Å². The summed E-state index contributed by atoms with van der Waals surface area (Å²) >= 11 is 0. The van der Waals surface area contributed by atoms with E-state index in [1.807, 2.05) is 30.3 Å². The van der Waals surface area contributed by atoms with Crippen LogP contribution in [0.3, 0.4) is 0 Å². The van der Waals surface area contributed by atoms with E-state index in [1.165, 1.54) is 30.5 Å². The van der Waals surface area contributed by atoms with Gasteiger partial charge >= 0.3 is 0 Å². The topological polar surface area (TPSA) is 88.4 Å². The van der Waals surface area contributed by atoms with E-state index in [1.54, 1.807) is 12.1 Å². The van der Waals surface area contributed by atoms with Crippen LogP contribution >= 0.6 is 0 Å². The van der Waals surface area contributed by atoms with Gasteiger partial charge in [-0.05, 0) is 48.5 Å². The molecule has 0 spiro atoms. The van der Waals surface area contributed by atoms with Crippen molar-refractivity contribution < 1.29 is 17.6 Å². The van der Waals surface area contributed by atoms with Gasteiger partial charge in [-0.1, -0.05) is 30.0 Å². The van der Waals surface area contributed by atoms with Gasteiger partial charge in [-0.15, -0.1) is 0 Å². The van der Waals surface area contributed by atoms with Crippen molar-refractivity contribution in [2.24, 2.45) is 0 Å². The lowest BCUT2D eigenvalue weighted by Gasteiger charge is -2.07. The van der Waals surface area contributed by atoms with Crippen LogP contribution in [0.15, 0.2) is 82.3 Å². The molecule has 0 aliphatic carbocycles. The molecule has 2 N–H and O–H groups in total. The molecule has 1 aromatic heterocycles. The maximum Gasteiger partial charge on any atom is 0.252 e. The highest BCUT2D eigenvalue weighted by molar-refractivity contribution is 7.89. The van der Waals surface area contributed by atoms with E-state index in [0.717, 1.165) is 5.56 Å². The minimum atomic E-state index is -3.69. The third-order valence-corrected chi connectivity index (χ3v) is 5.20. The number of rotatable bonds is 6. The van der Waals surface area contributed by atoms with Crippen LogP contribution in [0.5, 0.6) is 0 Å². The summed E-state index contributed by atoms with van der Waals surface area (Å²) < 4.78 is 32.1. The first kappa shape index (κ1) is 19.4. The van der Waals surface area contributed by atoms with Crippen LogP contribution in [0.25, 0.3) is 0 Å². The SMILES string of the molecule is O=C(NCC#Cc1ccccc1)c1ccc(S(=O)(=O)NCc2ccco2)cc1. The summed E-state index contributed by atoms with van der Waals surface area (Å²) in [4.78, 5) is 12.2. The summed E-state index contributed by atoms with van der Waals surface area (Å²) in [6.45, 7) is 0.246. The highest BCUT2D eigenvalue weighted by Crippen LogP contribution is 2.11. The van der Waals surface area contributed by atoms with Crippen molar-refractivity contribution in [2.75, 3.05) is 6.54 Å². The van der Waals surface area contributed by atoms with Gasteiger partial charge in [0.2, 0.25) is 10.0 Å². The Hall–Kier alpha value is -3.34. The lowest BCUT2D eigenvalue weighted by Crippen LogP contribution is -2.25. The van der Waals surface area contributed by atoms with E-state index < -0.39 is 10.0 Å². The monoisotopic (exact) mass is 394 g/mol. The highest BCUT2D eigenvalue weighted by atomic mass is 32.2. The number of hydrogen-bond acceptors (Lipinski definition) is 4. The van der Waals surface area contributed by atoms with Crippen molar-refractivity contribution in [1.82, 2.24) is 10.0 Å². The molecule has 2 aromatic carbocycles. The molecule has 1 amide bonds. The smallest absolute Gasteiger partial charge is 0.252 e. The first-order chi connectivity index (χ1) is 13.5. The fourth-order valence-electron chi connectivity index (χ4n) is 2.34. The van der Waals surface area contributed by atoms with Crippen molar-refractivity contribution in [2.45, 2.75) is 11.4 Å². The van der Waals surface area contributed by atoms with Gasteiger partial charge in [0, 0.05) is 11.1 Å². The van der Waals surface area contributed by atoms with Gasteiger partial charge in [0.15, 0.2) is 0 Å². The van der Waals surface area contributed by atoms with Crippen LogP contribution < -0.4 is 10.0 Å². The quantitative estimate of drug-likeness (QED) is 0.629. The normalized spacial score (nSPS) is 10.7. The molecular weight excluding hydrogens is 376 g/mol. The molecule has 7 heteroatoms. The number of nitrogens with one attached hydrogen (secondary N) is 2. The lowest BCUT2D eigenvalue weighted by molar-refractivity contribution is 0.0958. The van der Waals surface area contributed by atoms with Crippen molar-refractivity contribution in [1.29, 1.82) is 0 Å². The second kappa shape index (κ2) is 9.04. The molecule has 0 aliphatic heterocycles. The zero-order chi connectivity index (χ0) is 19.8. The van der Waals surface area contributed by atoms with E-state index in [9.17, 15) is 13.2 Å². The molecule has 28 heavy (non-hydrogen) atoms. The van der Waals surface area contributed by atoms with Gasteiger partial charge in [-0.2, -0.15) is 0 Å². The second-order valence-corrected chi connectivity index (χ2v) is 7.55. The van der Waals surface area contributed by atoms with E-state index in [4.69, 9.17) is 4.42 Å². The van der Waals surface area contributed by atoms with Gasteiger partial charge in [-0.3, -0.25) is 4.79 Å². The number of furan rings is 1. The summed E-state index contributed by atoms with van der Waals surface area (Å²) in [7, 11) is -3.69. The minimum Gasteiger partial charge on any atom is -0.468 e. The molecule has 6 nitrogen and oxygen atoms in total. The zero-order valence-electron chi connectivity index (χ0n) is 14.9. The minimum absolute atomic E-state index is 0.0532. The number of hydrogen-bond donors (Lipinski definition) is 2. The maximum atomic E-state index is 12.3. The summed E-state index contributed by atoms with van der Waals surface area (Å²) in [5.74, 6) is 6.00. The van der Waals surface area contributed by atoms with Gasteiger partial charge in [-0.25, -0.2) is 13.1 Å². The van der Waals surface area contributed by atoms with Gasteiger partial charge in [0.25, 0.3) is 5.91 Å². The summed E-state index contributed by atoms with van der Waals surface area (Å²) in [6, 6.07) is 18.5. The Balaban J connectivity index is 1.55. The van der Waals surface area contributed by atoms with Gasteiger partial charge in [0.1, 0.15) is 5.76 Å². The van der Waals surface area contributed by atoms with Crippen LogP contribution in [0.2, 0.25) is 0 Å². The average molecular weight is 394 g/mol. The third kappa shape index (κ3) is 5.33. The maximum absolute atomic E-state index is 12.3. The van der Waals surface area contributed by atoms with Crippen molar-refractivity contribution in [3.63, 3.8) is 0 Å². The summed E-state index contributed by atoms with van der Waals surface area (Å²) in [5, 5.41) is 2.68. The Morgan fingerprint density at radius 2 is 1.71 bits per heavy atom. The lowest BCUT2D eigenvalue weighted by atomic mass is 10.2. The van der Waals surface area contributed by atoms with E-state index in [2.05, 4.69) is 21.9 Å². The largest absolute Gasteiger partial charge is 0.468 e. The first-order valence-electron chi connectivity index (χ1n) is 8.49. The first-order valence-corrected chi connectivity index (χ1v) is 9.97. The molecule has 0 saturated carbocycles. The molecule has 142 valence electrons. The zero-order valence-corrected chi connectivity index (χ0v) is 15.7. The summed E-state index contributed by atoms with van der Waals surface area (Å²) in [6.07, 6.45) is 1.47. The second-order valence-electron chi connectivity index (χ2n) is 5.78. The predicted molar refractivity (Wildman–Crippen MR) is 105 cm³/mol. The number of sulfonamides is 1. The van der Waals surface area contributed by atoms with Crippen molar-refractivity contribution in [3.05, 3.63) is 89.9 Å². The molecule has 3 rings (SSSR count). The van der Waals surface area contributed by atoms with Crippen molar-refractivity contribution >= 4 is 15.9 Å². The summed E-state index contributed by atoms with van der Waals surface area (Å²) in [5.41, 5.74) is 1.22. The number of benzene rings is 2. The number of carbonyl (C=O) groups excluding carboxylic acids is 1. The molecule has 0 unspecified atom stereocenters. The van der Waals surface area contributed by atoms with Gasteiger partial charge < -0.3 is 9.73 Å². The number of amides is 1. The predicted octanol–water partition coefficient (Wildman–Crippen LogP) is 2.54. The fraction of sp³-hybridized carbons (Fsp3) is 0.0952. The Kier molecular flexibility index (Phi) is 6.27. The Labute approximate surface area is 163 Å². The molecule has 0 radical (unpaired) electrons. The van der Waals surface area contributed by atoms with E-state index in [-0.39, 0.29) is 23.9 Å². The van der Waals surface area contributed by atoms with Crippen LogP contribution in [0.1, 0.15) is 21.7 Å². The Morgan fingerprint density at radius 3 is 2.39 bits per heavy atom. The van der Waals surface area contributed by atoms with Crippen LogP contribution in [-0.4, -0.2) is 20.9 Å². The van der Waals surface area contributed by atoms with E-state index in [0.29, 0.717) is 11.3 Å². The average Bonchev–Trinajstić information content (AvgIpc) is 3.24. The molecule has 0 fully saturated rings. The van der Waals surface area contributed by atoms with Crippen molar-refractivity contribution in [3.8, 4) is 11.8 Å². The van der Waals surface area contributed by atoms with Crippen LogP contribution in [-0.2, 0) is 16.6 Å². The molecule has 0 atom stereocenters. The molecule has 0 saturated heterocycles. The fourth-order valence-corrected chi connectivity index (χ4v) is 3.34. The van der Waals surface area contributed by atoms with Crippen LogP contribution in [0.4, 0.5) is 0 Å². The molecule has 0 aliphatic rings. The van der Waals surface area contributed by atoms with Crippen LogP contribution in [0, 0.1) is 11.8 Å². The molecular formula is C21H18N2O4S. The van der Waals surface area contributed by atoms with Gasteiger partial charge in [0.05, 0.1) is 24.2 Å². The highest BCUT2D eigenvalue weighted by Gasteiger charge is 2.15. The molecule has 3 aromatic rings. The Bertz CT molecular complexity index is 1080. The number of carbonyl (C=O) groups is 1. The molecule has 1 heterocycles. The third-order valence-electron chi connectivity index (χ3n) is 3.79. The Morgan fingerprint density at radius 1 is 0.964 bits per heavy atom. The molecule has 0 bridgehead atoms.